The van der Waals surface area contributed by atoms with Crippen LogP contribution in [0.4, 0.5) is 11.4 Å². The molecule has 0 radical (unpaired) electrons. The monoisotopic (exact) mass is 196 g/mol. The van der Waals surface area contributed by atoms with Gasteiger partial charge in [0.2, 0.25) is 0 Å². The molecule has 0 aliphatic heterocycles. The van der Waals surface area contributed by atoms with Gasteiger partial charge < -0.3 is 11.5 Å². The number of benzene rings is 2. The molecular formula is C13H12N2. The smallest absolute Gasteiger partial charge is 0.0589 e. The number of hydrogen-bond acceptors (Lipinski definition) is 2. The predicted molar refractivity (Wildman–Crippen MR) is 63.5 cm³/mol. The Bertz CT molecular complexity index is 544. The van der Waals surface area contributed by atoms with Crippen LogP contribution in [0, 0.1) is 0 Å². The fourth-order valence-electron chi connectivity index (χ4n) is 2.25. The summed E-state index contributed by atoms with van der Waals surface area (Å²) in [5.41, 5.74) is 18.3. The van der Waals surface area contributed by atoms with E-state index >= 15 is 0 Å². The molecule has 0 bridgehead atoms. The lowest BCUT2D eigenvalue weighted by Crippen LogP contribution is -1.98. The van der Waals surface area contributed by atoms with Crippen molar-refractivity contribution in [2.24, 2.45) is 0 Å². The van der Waals surface area contributed by atoms with Crippen molar-refractivity contribution in [3.8, 4) is 11.1 Å². The van der Waals surface area contributed by atoms with Gasteiger partial charge in [-0.25, -0.2) is 0 Å². The van der Waals surface area contributed by atoms with Crippen LogP contribution in [0.5, 0.6) is 0 Å². The van der Waals surface area contributed by atoms with Gasteiger partial charge >= 0.3 is 0 Å². The van der Waals surface area contributed by atoms with Crippen molar-refractivity contribution in [3.63, 3.8) is 0 Å². The van der Waals surface area contributed by atoms with Crippen molar-refractivity contribution in [1.29, 1.82) is 0 Å². The summed E-state index contributed by atoms with van der Waals surface area (Å²) in [5.74, 6) is 0. The molecule has 0 unspecified atom stereocenters. The summed E-state index contributed by atoms with van der Waals surface area (Å²) >= 11 is 0. The number of rotatable bonds is 0. The first-order valence-corrected chi connectivity index (χ1v) is 5.02. The van der Waals surface area contributed by atoms with Crippen LogP contribution >= 0.6 is 0 Å². The molecule has 74 valence electrons. The molecule has 0 amide bonds. The van der Waals surface area contributed by atoms with E-state index in [1.807, 2.05) is 6.07 Å². The summed E-state index contributed by atoms with van der Waals surface area (Å²) in [7, 11) is 0. The Hall–Kier alpha value is -1.96. The first-order chi connectivity index (χ1) is 7.27. The van der Waals surface area contributed by atoms with Crippen LogP contribution in [-0.4, -0.2) is 0 Å². The molecule has 0 aromatic heterocycles. The average Bonchev–Trinajstić information content (AvgIpc) is 2.63. The highest BCUT2D eigenvalue weighted by molar-refractivity contribution is 5.85. The van der Waals surface area contributed by atoms with Crippen molar-refractivity contribution >= 4 is 11.4 Å². The lowest BCUT2D eigenvalue weighted by atomic mass is 10.0. The molecule has 2 heteroatoms. The maximum Gasteiger partial charge on any atom is 0.0589 e. The predicted octanol–water partition coefficient (Wildman–Crippen LogP) is 2.42. The average molecular weight is 196 g/mol. The molecule has 2 aromatic rings. The van der Waals surface area contributed by atoms with Gasteiger partial charge in [0.15, 0.2) is 0 Å². The fraction of sp³-hybridized carbons (Fsp3) is 0.0769. The van der Waals surface area contributed by atoms with Gasteiger partial charge in [0.25, 0.3) is 0 Å². The molecular weight excluding hydrogens is 184 g/mol. The van der Waals surface area contributed by atoms with Gasteiger partial charge in [-0.15, -0.1) is 0 Å². The normalized spacial score (nSPS) is 12.3. The molecule has 3 rings (SSSR count). The first-order valence-electron chi connectivity index (χ1n) is 5.02. The van der Waals surface area contributed by atoms with Gasteiger partial charge in [0.1, 0.15) is 0 Å². The van der Waals surface area contributed by atoms with E-state index in [9.17, 15) is 0 Å². The van der Waals surface area contributed by atoms with Crippen LogP contribution in [0.15, 0.2) is 36.4 Å². The molecule has 0 heterocycles. The summed E-state index contributed by atoms with van der Waals surface area (Å²) in [6.45, 7) is 0. The molecule has 2 nitrogen and oxygen atoms in total. The second-order valence-electron chi connectivity index (χ2n) is 3.93. The van der Waals surface area contributed by atoms with Crippen molar-refractivity contribution in [2.75, 3.05) is 11.5 Å². The second-order valence-corrected chi connectivity index (χ2v) is 3.93. The van der Waals surface area contributed by atoms with Gasteiger partial charge in [0.05, 0.1) is 11.4 Å². The highest BCUT2D eigenvalue weighted by atomic mass is 14.7. The van der Waals surface area contributed by atoms with Gasteiger partial charge in [-0.05, 0) is 28.3 Å². The lowest BCUT2D eigenvalue weighted by molar-refractivity contribution is 1.27. The summed E-state index contributed by atoms with van der Waals surface area (Å²) in [6, 6.07) is 12.3. The Balaban J connectivity index is 2.31. The van der Waals surface area contributed by atoms with Crippen LogP contribution in [0.25, 0.3) is 11.1 Å². The SMILES string of the molecule is Nc1ccc2c(c1N)Cc1ccccc1-2. The van der Waals surface area contributed by atoms with Gasteiger partial charge in [-0.1, -0.05) is 30.3 Å². The van der Waals surface area contributed by atoms with Crippen LogP contribution in [0.3, 0.4) is 0 Å². The summed E-state index contributed by atoms with van der Waals surface area (Å²) in [5, 5.41) is 0. The zero-order valence-corrected chi connectivity index (χ0v) is 8.33. The standard InChI is InChI=1S/C13H12N2/c14-12-6-5-10-9-4-2-1-3-8(9)7-11(10)13(12)15/h1-6H,7,14-15H2. The van der Waals surface area contributed by atoms with Crippen LogP contribution < -0.4 is 11.5 Å². The van der Waals surface area contributed by atoms with E-state index in [1.54, 1.807) is 0 Å². The van der Waals surface area contributed by atoms with E-state index in [4.69, 9.17) is 11.5 Å². The molecule has 0 saturated heterocycles. The molecule has 0 saturated carbocycles. The zero-order chi connectivity index (χ0) is 10.4. The molecule has 4 N–H and O–H groups in total. The fourth-order valence-corrected chi connectivity index (χ4v) is 2.25. The largest absolute Gasteiger partial charge is 0.397 e. The van der Waals surface area contributed by atoms with Crippen molar-refractivity contribution in [1.82, 2.24) is 0 Å². The van der Waals surface area contributed by atoms with E-state index in [0.29, 0.717) is 5.69 Å². The number of fused-ring (bicyclic) bond motifs is 3. The molecule has 0 spiro atoms. The van der Waals surface area contributed by atoms with Crippen LogP contribution in [-0.2, 0) is 6.42 Å². The van der Waals surface area contributed by atoms with Crippen LogP contribution in [0.2, 0.25) is 0 Å². The highest BCUT2D eigenvalue weighted by Gasteiger charge is 2.20. The van der Waals surface area contributed by atoms with Gasteiger partial charge in [0, 0.05) is 6.42 Å². The molecule has 0 fully saturated rings. The molecule has 2 aromatic carbocycles. The number of anilines is 2. The van der Waals surface area contributed by atoms with Crippen molar-refractivity contribution < 1.29 is 0 Å². The number of hydrogen-bond donors (Lipinski definition) is 2. The van der Waals surface area contributed by atoms with E-state index < -0.39 is 0 Å². The third-order valence-corrected chi connectivity index (χ3v) is 3.07. The second kappa shape index (κ2) is 2.76. The quantitative estimate of drug-likeness (QED) is 0.542. The van der Waals surface area contributed by atoms with E-state index in [-0.39, 0.29) is 0 Å². The van der Waals surface area contributed by atoms with Crippen molar-refractivity contribution in [2.45, 2.75) is 6.42 Å². The Kier molecular flexibility index (Phi) is 1.54. The maximum absolute atomic E-state index is 5.99. The summed E-state index contributed by atoms with van der Waals surface area (Å²) < 4.78 is 0. The Morgan fingerprint density at radius 2 is 1.67 bits per heavy atom. The molecule has 15 heavy (non-hydrogen) atoms. The van der Waals surface area contributed by atoms with E-state index in [1.165, 1.54) is 22.3 Å². The van der Waals surface area contributed by atoms with E-state index in [2.05, 4.69) is 30.3 Å². The Morgan fingerprint density at radius 3 is 2.53 bits per heavy atom. The molecule has 0 atom stereocenters. The van der Waals surface area contributed by atoms with E-state index in [0.717, 1.165) is 12.1 Å². The van der Waals surface area contributed by atoms with Crippen molar-refractivity contribution in [3.05, 3.63) is 47.5 Å². The Labute approximate surface area is 88.5 Å². The van der Waals surface area contributed by atoms with Crippen LogP contribution in [0.1, 0.15) is 11.1 Å². The minimum absolute atomic E-state index is 0.682. The molecule has 1 aliphatic rings. The third kappa shape index (κ3) is 1.05. The minimum atomic E-state index is 0.682. The lowest BCUT2D eigenvalue weighted by Gasteiger charge is -2.06. The topological polar surface area (TPSA) is 52.0 Å². The molecule has 1 aliphatic carbocycles. The van der Waals surface area contributed by atoms with Gasteiger partial charge in [-0.3, -0.25) is 0 Å². The maximum atomic E-state index is 5.99. The zero-order valence-electron chi connectivity index (χ0n) is 8.33. The first kappa shape index (κ1) is 8.36. The number of nitrogens with two attached hydrogens (primary N) is 2. The number of nitrogen functional groups attached to an aromatic ring is 2. The summed E-state index contributed by atoms with van der Waals surface area (Å²) in [4.78, 5) is 0. The third-order valence-electron chi connectivity index (χ3n) is 3.07. The Morgan fingerprint density at radius 1 is 0.867 bits per heavy atom. The van der Waals surface area contributed by atoms with Gasteiger partial charge in [-0.2, -0.15) is 0 Å². The highest BCUT2D eigenvalue weighted by Crippen LogP contribution is 2.40. The minimum Gasteiger partial charge on any atom is -0.397 e. The summed E-state index contributed by atoms with van der Waals surface area (Å²) in [6.07, 6.45) is 0.905.